The van der Waals surface area contributed by atoms with E-state index in [2.05, 4.69) is 27.4 Å². The Balaban J connectivity index is 1.43. The third-order valence-electron chi connectivity index (χ3n) is 6.70. The molecule has 1 N–H and O–H groups in total. The molecule has 9 heteroatoms. The van der Waals surface area contributed by atoms with Crippen LogP contribution in [0.5, 0.6) is 5.75 Å². The molecule has 0 amide bonds. The van der Waals surface area contributed by atoms with Crippen LogP contribution in [0.15, 0.2) is 83.8 Å². The van der Waals surface area contributed by atoms with Gasteiger partial charge in [-0.1, -0.05) is 42.5 Å². The zero-order chi connectivity index (χ0) is 25.5. The molecule has 2 heterocycles. The number of ether oxygens (including phenoxy) is 1. The first-order valence-corrected chi connectivity index (χ1v) is 11.9. The molecule has 7 nitrogen and oxygen atoms in total. The third kappa shape index (κ3) is 4.22. The number of rotatable bonds is 7. The first-order chi connectivity index (χ1) is 18.0. The van der Waals surface area contributed by atoms with Gasteiger partial charge in [-0.2, -0.15) is 4.98 Å². The van der Waals surface area contributed by atoms with Crippen LogP contribution in [0.25, 0.3) is 16.9 Å². The Morgan fingerprint density at radius 2 is 1.78 bits per heavy atom. The van der Waals surface area contributed by atoms with Crippen LogP contribution in [0.2, 0.25) is 0 Å². The van der Waals surface area contributed by atoms with E-state index in [0.29, 0.717) is 34.5 Å². The summed E-state index contributed by atoms with van der Waals surface area (Å²) in [6.07, 6.45) is 2.46. The molecule has 1 aliphatic rings. The van der Waals surface area contributed by atoms with Gasteiger partial charge in [0.1, 0.15) is 22.9 Å². The van der Waals surface area contributed by atoms with Crippen LogP contribution in [0.1, 0.15) is 23.5 Å². The largest absolute Gasteiger partial charge is 0.497 e. The van der Waals surface area contributed by atoms with Crippen molar-refractivity contribution in [3.05, 3.63) is 112 Å². The van der Waals surface area contributed by atoms with E-state index in [9.17, 15) is 13.6 Å². The molecule has 5 aromatic rings. The highest BCUT2D eigenvalue weighted by Gasteiger charge is 2.38. The number of nitrogens with zero attached hydrogens (tertiary/aromatic N) is 4. The lowest BCUT2D eigenvalue weighted by Gasteiger charge is -2.07. The summed E-state index contributed by atoms with van der Waals surface area (Å²) in [5.41, 5.74) is 1.74. The van der Waals surface area contributed by atoms with Crippen LogP contribution in [-0.4, -0.2) is 32.3 Å². The molecule has 6 rings (SSSR count). The van der Waals surface area contributed by atoms with Crippen LogP contribution < -0.4 is 15.7 Å². The zero-order valence-electron chi connectivity index (χ0n) is 19.9. The van der Waals surface area contributed by atoms with Gasteiger partial charge in [0.25, 0.3) is 0 Å². The molecule has 2 atom stereocenters. The van der Waals surface area contributed by atoms with Crippen molar-refractivity contribution in [2.45, 2.75) is 24.9 Å². The van der Waals surface area contributed by atoms with Gasteiger partial charge >= 0.3 is 5.69 Å². The monoisotopic (exact) mass is 499 g/mol. The number of hydrogen-bond donors (Lipinski definition) is 1. The maximum absolute atomic E-state index is 14.5. The van der Waals surface area contributed by atoms with Crippen molar-refractivity contribution < 1.29 is 13.5 Å². The molecular weight excluding hydrogens is 476 g/mol. The van der Waals surface area contributed by atoms with Gasteiger partial charge in [0.15, 0.2) is 5.65 Å². The summed E-state index contributed by atoms with van der Waals surface area (Å²) in [7, 11) is 1.54. The van der Waals surface area contributed by atoms with Crippen molar-refractivity contribution in [2.75, 3.05) is 12.4 Å². The summed E-state index contributed by atoms with van der Waals surface area (Å²) in [6.45, 7) is -0.306. The van der Waals surface area contributed by atoms with Crippen molar-refractivity contribution in [1.82, 2.24) is 19.1 Å². The Hall–Kier alpha value is -4.53. The van der Waals surface area contributed by atoms with E-state index in [1.54, 1.807) is 24.3 Å². The Kier molecular flexibility index (Phi) is 5.67. The molecule has 3 aromatic carbocycles. The Morgan fingerprint density at radius 3 is 2.54 bits per heavy atom. The molecule has 1 fully saturated rings. The van der Waals surface area contributed by atoms with Crippen LogP contribution in [0.4, 0.5) is 14.7 Å². The number of methoxy groups -OCH3 is 1. The number of hydrogen-bond acceptors (Lipinski definition) is 5. The summed E-state index contributed by atoms with van der Waals surface area (Å²) in [6, 6.07) is 21.0. The summed E-state index contributed by atoms with van der Waals surface area (Å²) >= 11 is 0. The molecule has 1 aliphatic carbocycles. The maximum atomic E-state index is 14.5. The molecule has 0 unspecified atom stereocenters. The van der Waals surface area contributed by atoms with Gasteiger partial charge in [-0.3, -0.25) is 4.57 Å². The predicted octanol–water partition coefficient (Wildman–Crippen LogP) is 4.89. The predicted molar refractivity (Wildman–Crippen MR) is 136 cm³/mol. The van der Waals surface area contributed by atoms with E-state index in [1.807, 2.05) is 18.2 Å². The number of anilines is 1. The Morgan fingerprint density at radius 1 is 1.03 bits per heavy atom. The minimum Gasteiger partial charge on any atom is -0.497 e. The summed E-state index contributed by atoms with van der Waals surface area (Å²) in [4.78, 5) is 22.8. The normalized spacial score (nSPS) is 16.6. The average molecular weight is 500 g/mol. The molecule has 0 saturated heterocycles. The second-order valence-electron chi connectivity index (χ2n) is 9.01. The maximum Gasteiger partial charge on any atom is 0.335 e. The molecule has 0 radical (unpaired) electrons. The highest BCUT2D eigenvalue weighted by Crippen LogP contribution is 2.42. The number of fused-ring (bicyclic) bond motifs is 1. The highest BCUT2D eigenvalue weighted by atomic mass is 19.1. The quantitative estimate of drug-likeness (QED) is 0.345. The fourth-order valence-electron chi connectivity index (χ4n) is 4.67. The standard InChI is InChI=1S/C28H23F2N5O2/c1-37-19-10-5-9-18(13-19)35-26-25(34(28(35)36)16-21-22(29)11-6-12-23(21)30)15-31-27(33-26)32-24-14-20(24)17-7-3-2-4-8-17/h2-13,15,20,24H,14,16H2,1H3,(H,31,32,33)/t20-,24+/m0/s1. The second-order valence-corrected chi connectivity index (χ2v) is 9.01. The van der Waals surface area contributed by atoms with Crippen molar-refractivity contribution >= 4 is 17.1 Å². The van der Waals surface area contributed by atoms with Gasteiger partial charge < -0.3 is 10.1 Å². The Bertz CT molecular complexity index is 1640. The molecular formula is C28H23F2N5O2. The lowest BCUT2D eigenvalue weighted by atomic mass is 10.1. The van der Waals surface area contributed by atoms with Gasteiger partial charge in [-0.15, -0.1) is 0 Å². The van der Waals surface area contributed by atoms with Gasteiger partial charge in [0, 0.05) is 23.6 Å². The van der Waals surface area contributed by atoms with E-state index in [1.165, 1.54) is 46.2 Å². The first kappa shape index (κ1) is 22.9. The van der Waals surface area contributed by atoms with E-state index in [-0.39, 0.29) is 18.2 Å². The number of halogens is 2. The topological polar surface area (TPSA) is 74.0 Å². The highest BCUT2D eigenvalue weighted by molar-refractivity contribution is 5.74. The molecule has 1 saturated carbocycles. The fourth-order valence-corrected chi connectivity index (χ4v) is 4.67. The Labute approximate surface area is 211 Å². The van der Waals surface area contributed by atoms with Crippen molar-refractivity contribution in [3.8, 4) is 11.4 Å². The summed E-state index contributed by atoms with van der Waals surface area (Å²) in [5.74, 6) is -0.166. The van der Waals surface area contributed by atoms with Crippen molar-refractivity contribution in [3.63, 3.8) is 0 Å². The minimum atomic E-state index is -0.728. The van der Waals surface area contributed by atoms with E-state index in [4.69, 9.17) is 4.74 Å². The van der Waals surface area contributed by atoms with E-state index >= 15 is 0 Å². The minimum absolute atomic E-state index is 0.173. The number of imidazole rings is 1. The van der Waals surface area contributed by atoms with E-state index < -0.39 is 17.3 Å². The number of nitrogens with one attached hydrogen (secondary N) is 1. The fraction of sp³-hybridized carbons (Fsp3) is 0.179. The zero-order valence-corrected chi connectivity index (χ0v) is 19.9. The van der Waals surface area contributed by atoms with Gasteiger partial charge in [0.05, 0.1) is 25.5 Å². The van der Waals surface area contributed by atoms with Crippen molar-refractivity contribution in [2.24, 2.45) is 0 Å². The van der Waals surface area contributed by atoms with E-state index in [0.717, 1.165) is 6.42 Å². The van der Waals surface area contributed by atoms with Gasteiger partial charge in [-0.05, 0) is 36.2 Å². The third-order valence-corrected chi connectivity index (χ3v) is 6.70. The molecule has 2 aromatic heterocycles. The molecule has 0 spiro atoms. The van der Waals surface area contributed by atoms with Crippen LogP contribution in [0.3, 0.4) is 0 Å². The summed E-state index contributed by atoms with van der Waals surface area (Å²) < 4.78 is 37.0. The second kappa shape index (κ2) is 9.16. The first-order valence-electron chi connectivity index (χ1n) is 11.9. The lowest BCUT2D eigenvalue weighted by molar-refractivity contribution is 0.414. The lowest BCUT2D eigenvalue weighted by Crippen LogP contribution is -2.24. The van der Waals surface area contributed by atoms with Gasteiger partial charge in [0.2, 0.25) is 5.95 Å². The molecule has 0 bridgehead atoms. The molecule has 186 valence electrons. The van der Waals surface area contributed by atoms with Crippen molar-refractivity contribution in [1.29, 1.82) is 0 Å². The average Bonchev–Trinajstić information content (AvgIpc) is 3.63. The number of benzene rings is 3. The summed E-state index contributed by atoms with van der Waals surface area (Å²) in [5, 5.41) is 3.36. The van der Waals surface area contributed by atoms with Crippen LogP contribution in [-0.2, 0) is 6.54 Å². The molecule has 0 aliphatic heterocycles. The van der Waals surface area contributed by atoms with Crippen LogP contribution in [0, 0.1) is 11.6 Å². The number of aromatic nitrogens is 4. The van der Waals surface area contributed by atoms with Gasteiger partial charge in [-0.25, -0.2) is 23.1 Å². The smallest absolute Gasteiger partial charge is 0.335 e. The van der Waals surface area contributed by atoms with Crippen LogP contribution >= 0.6 is 0 Å². The SMILES string of the molecule is COc1cccc(-n2c(=O)n(Cc3c(F)cccc3F)c3cnc(N[C@@H]4C[C@H]4c4ccccc4)nc32)c1. The molecule has 37 heavy (non-hydrogen) atoms.